The first-order chi connectivity index (χ1) is 14.2. The van der Waals surface area contributed by atoms with E-state index in [1.54, 1.807) is 5.57 Å². The summed E-state index contributed by atoms with van der Waals surface area (Å²) < 4.78 is 1.15. The Morgan fingerprint density at radius 1 is 1.00 bits per heavy atom. The van der Waals surface area contributed by atoms with Crippen molar-refractivity contribution in [2.45, 2.75) is 111 Å². The Bertz CT molecular complexity index is 686. The molecule has 4 aliphatic rings. The van der Waals surface area contributed by atoms with E-state index < -0.39 is 0 Å². The van der Waals surface area contributed by atoms with Crippen molar-refractivity contribution in [3.8, 4) is 0 Å². The molecule has 0 aliphatic heterocycles. The molecule has 2 nitrogen and oxygen atoms in total. The molecule has 3 saturated carbocycles. The molecule has 0 N–H and O–H groups in total. The van der Waals surface area contributed by atoms with Crippen LogP contribution in [0.4, 0.5) is 0 Å². The molecule has 0 aromatic carbocycles. The molecule has 3 fully saturated rings. The van der Waals surface area contributed by atoms with Crippen LogP contribution < -0.4 is 0 Å². The van der Waals surface area contributed by atoms with E-state index in [1.807, 2.05) is 0 Å². The Labute approximate surface area is 193 Å². The minimum absolute atomic E-state index is 0.124. The lowest BCUT2D eigenvalue weighted by Gasteiger charge is -2.59. The van der Waals surface area contributed by atoms with E-state index in [-0.39, 0.29) is 6.04 Å². The van der Waals surface area contributed by atoms with Crippen LogP contribution in [0.3, 0.4) is 0 Å². The van der Waals surface area contributed by atoms with Crippen molar-refractivity contribution in [1.29, 1.82) is 0 Å². The zero-order valence-electron chi connectivity index (χ0n) is 20.1. The van der Waals surface area contributed by atoms with E-state index in [2.05, 4.69) is 55.7 Å². The fourth-order valence-electron chi connectivity index (χ4n) is 8.92. The van der Waals surface area contributed by atoms with Gasteiger partial charge in [-0.1, -0.05) is 80.6 Å². The molecule has 4 aliphatic carbocycles. The molecule has 0 bridgehead atoms. The van der Waals surface area contributed by atoms with Gasteiger partial charge in [0.15, 0.2) is 0 Å². The molecule has 3 heteroatoms. The largest absolute Gasteiger partial charge is 0.150 e. The van der Waals surface area contributed by atoms with Crippen molar-refractivity contribution < 1.29 is 0 Å². The smallest absolute Gasteiger partial charge is 0.123 e. The average Bonchev–Trinajstić information content (AvgIpc) is 3.05. The molecule has 4 rings (SSSR count). The quantitative estimate of drug-likeness (QED) is 0.351. The highest BCUT2D eigenvalue weighted by atomic mass is 79.9. The summed E-state index contributed by atoms with van der Waals surface area (Å²) in [6.07, 6.45) is 14.6. The molecule has 0 aromatic rings. The fourth-order valence-corrected chi connectivity index (χ4v) is 9.88. The minimum Gasteiger partial charge on any atom is -0.150 e. The summed E-state index contributed by atoms with van der Waals surface area (Å²) in [6, 6.07) is -0.124. The molecule has 1 unspecified atom stereocenters. The Balaban J connectivity index is 1.51. The van der Waals surface area contributed by atoms with E-state index in [0.717, 1.165) is 52.8 Å². The maximum Gasteiger partial charge on any atom is 0.123 e. The van der Waals surface area contributed by atoms with Crippen molar-refractivity contribution >= 4 is 15.9 Å². The van der Waals surface area contributed by atoms with E-state index in [4.69, 9.17) is 0 Å². The zero-order chi connectivity index (χ0) is 21.7. The Kier molecular flexibility index (Phi) is 6.62. The number of allylic oxidation sites excluding steroid dienone is 1. The van der Waals surface area contributed by atoms with Crippen LogP contribution in [0.2, 0.25) is 0 Å². The summed E-state index contributed by atoms with van der Waals surface area (Å²) in [6.45, 7) is 12.5. The van der Waals surface area contributed by atoms with Gasteiger partial charge in [-0.25, -0.2) is 0 Å². The third kappa shape index (κ3) is 3.67. The van der Waals surface area contributed by atoms with Crippen molar-refractivity contribution in [2.75, 3.05) is 0 Å². The maximum absolute atomic E-state index is 11.3. The van der Waals surface area contributed by atoms with Crippen LogP contribution in [0, 0.1) is 51.2 Å². The molecule has 30 heavy (non-hydrogen) atoms. The van der Waals surface area contributed by atoms with E-state index in [0.29, 0.717) is 10.8 Å². The van der Waals surface area contributed by atoms with Gasteiger partial charge < -0.3 is 0 Å². The summed E-state index contributed by atoms with van der Waals surface area (Å²) in [4.78, 5) is 11.3. The number of nitroso groups, excluding NO2 is 1. The highest BCUT2D eigenvalue weighted by Crippen LogP contribution is 2.68. The van der Waals surface area contributed by atoms with Crippen molar-refractivity contribution in [3.05, 3.63) is 15.0 Å². The highest BCUT2D eigenvalue weighted by Gasteiger charge is 2.59. The summed E-state index contributed by atoms with van der Waals surface area (Å²) in [5.41, 5.74) is 2.42. The van der Waals surface area contributed by atoms with Gasteiger partial charge in [-0.05, 0) is 97.7 Å². The molecule has 0 saturated heterocycles. The second-order valence-electron chi connectivity index (χ2n) is 12.3. The lowest BCUT2D eigenvalue weighted by molar-refractivity contribution is -0.0598. The van der Waals surface area contributed by atoms with Crippen molar-refractivity contribution in [3.63, 3.8) is 0 Å². The summed E-state index contributed by atoms with van der Waals surface area (Å²) >= 11 is 3.82. The number of nitrogens with zero attached hydrogens (tertiary/aromatic N) is 1. The summed E-state index contributed by atoms with van der Waals surface area (Å²) in [5, 5.41) is 3.43. The van der Waals surface area contributed by atoms with Gasteiger partial charge in [0.05, 0.1) is 0 Å². The minimum atomic E-state index is -0.124. The summed E-state index contributed by atoms with van der Waals surface area (Å²) in [5.74, 6) is 5.29. The first-order valence-corrected chi connectivity index (χ1v) is 13.7. The van der Waals surface area contributed by atoms with Crippen LogP contribution in [0.1, 0.15) is 105 Å². The van der Waals surface area contributed by atoms with Crippen LogP contribution in [0.5, 0.6) is 0 Å². The Morgan fingerprint density at radius 2 is 1.77 bits per heavy atom. The lowest BCUT2D eigenvalue weighted by Crippen LogP contribution is -2.51. The molecule has 170 valence electrons. The standard InChI is InChI=1S/C27H44BrNO/c1-17(2)7-6-8-18(3)20-11-12-21-19-9-10-23-25(28)24(29-30)14-16-27(23,5)22(19)13-15-26(20,21)4/h17-22,24H,6-16H2,1-5H3/t18-,19+,20-,21+,22+,24?,26-,27-/m1/s1. The molecular formula is C27H44BrNO. The second kappa shape index (κ2) is 8.64. The topological polar surface area (TPSA) is 29.4 Å². The third-order valence-electron chi connectivity index (χ3n) is 10.5. The van der Waals surface area contributed by atoms with E-state index >= 15 is 0 Å². The predicted octanol–water partition coefficient (Wildman–Crippen LogP) is 8.89. The van der Waals surface area contributed by atoms with Crippen LogP contribution >= 0.6 is 15.9 Å². The van der Waals surface area contributed by atoms with Gasteiger partial charge >= 0.3 is 0 Å². The molecule has 0 aromatic heterocycles. The lowest BCUT2D eigenvalue weighted by atomic mass is 9.46. The van der Waals surface area contributed by atoms with Crippen molar-refractivity contribution in [1.82, 2.24) is 0 Å². The normalized spacial score (nSPS) is 44.4. The van der Waals surface area contributed by atoms with Crippen LogP contribution in [0.15, 0.2) is 15.2 Å². The third-order valence-corrected chi connectivity index (χ3v) is 11.5. The van der Waals surface area contributed by atoms with Gasteiger partial charge in [-0.3, -0.25) is 0 Å². The van der Waals surface area contributed by atoms with E-state index in [1.165, 1.54) is 57.8 Å². The van der Waals surface area contributed by atoms with Gasteiger partial charge in [0.1, 0.15) is 6.04 Å². The fraction of sp³-hybridized carbons (Fsp3) is 0.926. The number of rotatable bonds is 6. The highest BCUT2D eigenvalue weighted by molar-refractivity contribution is 9.11. The number of hydrogen-bond donors (Lipinski definition) is 0. The van der Waals surface area contributed by atoms with Crippen molar-refractivity contribution in [2.24, 2.45) is 51.5 Å². The molecular weight excluding hydrogens is 434 g/mol. The Morgan fingerprint density at radius 3 is 2.47 bits per heavy atom. The zero-order valence-corrected chi connectivity index (χ0v) is 21.6. The van der Waals surface area contributed by atoms with Gasteiger partial charge in [0.2, 0.25) is 0 Å². The SMILES string of the molecule is CC(C)CCC[C@@H](C)[C@H]1CC[C@H]2[C@@H]3CCC4=C(Br)C(N=O)CC[C@]4(C)[C@H]3CC[C@]12C. The first-order valence-electron chi connectivity index (χ1n) is 12.9. The van der Waals surface area contributed by atoms with Gasteiger partial charge in [0, 0.05) is 4.48 Å². The number of fused-ring (bicyclic) bond motifs is 5. The average molecular weight is 479 g/mol. The monoisotopic (exact) mass is 477 g/mol. The van der Waals surface area contributed by atoms with Crippen LogP contribution in [-0.4, -0.2) is 6.04 Å². The predicted molar refractivity (Wildman–Crippen MR) is 130 cm³/mol. The second-order valence-corrected chi connectivity index (χ2v) is 13.2. The Hall–Kier alpha value is -0.180. The molecule has 0 spiro atoms. The van der Waals surface area contributed by atoms with Crippen LogP contribution in [-0.2, 0) is 0 Å². The number of halogens is 1. The van der Waals surface area contributed by atoms with Crippen LogP contribution in [0.25, 0.3) is 0 Å². The number of hydrogen-bond acceptors (Lipinski definition) is 2. The molecule has 0 amide bonds. The van der Waals surface area contributed by atoms with Gasteiger partial charge in [-0.2, -0.15) is 4.91 Å². The maximum atomic E-state index is 11.3. The first kappa shape index (κ1) is 23.0. The van der Waals surface area contributed by atoms with Gasteiger partial charge in [0.25, 0.3) is 0 Å². The summed E-state index contributed by atoms with van der Waals surface area (Å²) in [7, 11) is 0. The molecule has 0 heterocycles. The van der Waals surface area contributed by atoms with E-state index in [9.17, 15) is 4.91 Å². The van der Waals surface area contributed by atoms with Gasteiger partial charge in [-0.15, -0.1) is 0 Å². The molecule has 0 radical (unpaired) electrons. The molecule has 8 atom stereocenters.